The summed E-state index contributed by atoms with van der Waals surface area (Å²) in [6.07, 6.45) is 1.67. The zero-order valence-electron chi connectivity index (χ0n) is 12.6. The van der Waals surface area contributed by atoms with Gasteiger partial charge in [-0.15, -0.1) is 21.6 Å². The lowest BCUT2D eigenvalue weighted by Crippen LogP contribution is -2.24. The molecule has 0 saturated carbocycles. The minimum absolute atomic E-state index is 0.00181. The van der Waals surface area contributed by atoms with Crippen molar-refractivity contribution in [2.75, 3.05) is 32.2 Å². The van der Waals surface area contributed by atoms with E-state index in [4.69, 9.17) is 0 Å². The van der Waals surface area contributed by atoms with Crippen molar-refractivity contribution in [2.24, 2.45) is 10.2 Å². The Kier molecular flexibility index (Phi) is 6.16. The predicted octanol–water partition coefficient (Wildman–Crippen LogP) is 2.90. The number of aromatic nitrogens is 1. The van der Waals surface area contributed by atoms with Crippen LogP contribution in [-0.4, -0.2) is 40.7 Å². The van der Waals surface area contributed by atoms with E-state index in [0.717, 1.165) is 12.8 Å². The zero-order chi connectivity index (χ0) is 16.7. The molecular weight excluding hydrogens is 340 g/mol. The molecule has 0 radical (unpaired) electrons. The van der Waals surface area contributed by atoms with Gasteiger partial charge >= 0.3 is 10.4 Å². The van der Waals surface area contributed by atoms with Crippen LogP contribution in [0.25, 0.3) is 0 Å². The Labute approximate surface area is 138 Å². The van der Waals surface area contributed by atoms with E-state index in [0.29, 0.717) is 17.4 Å². The number of hydrogen-bond donors (Lipinski definition) is 0. The molecule has 0 bridgehead atoms. The van der Waals surface area contributed by atoms with Crippen molar-refractivity contribution < 1.29 is 16.8 Å². The summed E-state index contributed by atoms with van der Waals surface area (Å²) in [5.41, 5.74) is 1.60. The molecule has 2 rings (SSSR count). The highest BCUT2D eigenvalue weighted by Gasteiger charge is 2.09. The van der Waals surface area contributed by atoms with Crippen molar-refractivity contribution in [1.82, 2.24) is 4.98 Å². The number of benzene rings is 1. The van der Waals surface area contributed by atoms with Gasteiger partial charge in [0, 0.05) is 30.9 Å². The maximum absolute atomic E-state index is 11.0. The van der Waals surface area contributed by atoms with E-state index in [2.05, 4.69) is 23.6 Å². The summed E-state index contributed by atoms with van der Waals surface area (Å²) in [6.45, 7) is 0.390. The number of azo groups is 1. The summed E-state index contributed by atoms with van der Waals surface area (Å²) in [5.74, 6) is 0. The highest BCUT2D eigenvalue weighted by Crippen LogP contribution is 2.22. The third kappa shape index (κ3) is 5.67. The molecule has 0 spiro atoms. The first-order valence-corrected chi connectivity index (χ1v) is 8.79. The lowest BCUT2D eigenvalue weighted by Gasteiger charge is -2.18. The summed E-state index contributed by atoms with van der Waals surface area (Å²) in [7, 11) is -1.01. The number of anilines is 1. The highest BCUT2D eigenvalue weighted by molar-refractivity contribution is 7.81. The van der Waals surface area contributed by atoms with Crippen molar-refractivity contribution in [3.05, 3.63) is 35.8 Å². The van der Waals surface area contributed by atoms with E-state index in [9.17, 15) is 8.42 Å². The van der Waals surface area contributed by atoms with Gasteiger partial charge in [-0.05, 0) is 24.3 Å². The van der Waals surface area contributed by atoms with Gasteiger partial charge in [0.05, 0.1) is 19.4 Å². The number of rotatable bonds is 8. The number of thiazole rings is 1. The molecule has 124 valence electrons. The molecule has 1 aromatic heterocycles. The molecule has 0 aliphatic carbocycles. The summed E-state index contributed by atoms with van der Waals surface area (Å²) < 4.78 is 30.9. The molecule has 0 aliphatic heterocycles. The Hall–Kier alpha value is -1.88. The normalized spacial score (nSPS) is 11.9. The van der Waals surface area contributed by atoms with Crippen molar-refractivity contribution in [1.29, 1.82) is 0 Å². The van der Waals surface area contributed by atoms with Gasteiger partial charge in [0.1, 0.15) is 0 Å². The van der Waals surface area contributed by atoms with Crippen LogP contribution in [0.5, 0.6) is 0 Å². The van der Waals surface area contributed by atoms with Crippen LogP contribution >= 0.6 is 11.3 Å². The molecule has 0 N–H and O–H groups in total. The number of likely N-dealkylation sites (N-methyl/N-ethyl adjacent to an activating group) is 1. The first-order chi connectivity index (χ1) is 11.0. The van der Waals surface area contributed by atoms with E-state index in [1.807, 2.05) is 41.6 Å². The van der Waals surface area contributed by atoms with E-state index < -0.39 is 10.4 Å². The van der Waals surface area contributed by atoms with E-state index in [1.165, 1.54) is 11.3 Å². The second kappa shape index (κ2) is 8.11. The fourth-order valence-electron chi connectivity index (χ4n) is 1.59. The molecule has 23 heavy (non-hydrogen) atoms. The van der Waals surface area contributed by atoms with Crippen molar-refractivity contribution in [3.8, 4) is 0 Å². The molecule has 0 atom stereocenters. The molecule has 1 aromatic carbocycles. The monoisotopic (exact) mass is 356 g/mol. The quantitative estimate of drug-likeness (QED) is 0.675. The van der Waals surface area contributed by atoms with E-state index in [-0.39, 0.29) is 6.61 Å². The number of nitrogens with zero attached hydrogens (tertiary/aromatic N) is 4. The maximum Gasteiger partial charge on any atom is 0.399 e. The SMILES string of the molecule is COS(=O)(=O)OCCN(C)c1ccc(N=Nc2nccs2)cc1. The van der Waals surface area contributed by atoms with Crippen LogP contribution in [0, 0.1) is 0 Å². The molecule has 8 nitrogen and oxygen atoms in total. The van der Waals surface area contributed by atoms with Gasteiger partial charge in [0.25, 0.3) is 0 Å². The molecule has 1 heterocycles. The largest absolute Gasteiger partial charge is 0.399 e. The van der Waals surface area contributed by atoms with Crippen LogP contribution in [0.2, 0.25) is 0 Å². The summed E-state index contributed by atoms with van der Waals surface area (Å²) in [6, 6.07) is 7.35. The first kappa shape index (κ1) is 17.5. The highest BCUT2D eigenvalue weighted by atomic mass is 32.3. The molecule has 10 heteroatoms. The molecule has 0 amide bonds. The minimum atomic E-state index is -3.89. The van der Waals surface area contributed by atoms with Crippen LogP contribution in [-0.2, 0) is 18.8 Å². The average molecular weight is 356 g/mol. The lowest BCUT2D eigenvalue weighted by molar-refractivity contribution is 0.248. The zero-order valence-corrected chi connectivity index (χ0v) is 14.2. The lowest BCUT2D eigenvalue weighted by atomic mass is 10.2. The summed E-state index contributed by atoms with van der Waals surface area (Å²) in [4.78, 5) is 5.87. The molecule has 0 aliphatic rings. The second-order valence-corrected chi connectivity index (χ2v) is 6.61. The van der Waals surface area contributed by atoms with Crippen molar-refractivity contribution >= 4 is 38.2 Å². The third-order valence-corrected chi connectivity index (χ3v) is 4.34. The van der Waals surface area contributed by atoms with Gasteiger partial charge in [-0.3, -0.25) is 4.18 Å². The standard InChI is InChI=1S/C13H16N4O4S2/c1-17(8-9-21-23(18,19)20-2)12-5-3-11(4-6-12)15-16-13-14-7-10-22-13/h3-7,10H,8-9H2,1-2H3. The van der Waals surface area contributed by atoms with Gasteiger partial charge in [-0.25, -0.2) is 9.17 Å². The third-order valence-electron chi connectivity index (χ3n) is 2.82. The number of hydrogen-bond acceptors (Lipinski definition) is 9. The van der Waals surface area contributed by atoms with E-state index in [1.54, 1.807) is 6.20 Å². The van der Waals surface area contributed by atoms with Crippen LogP contribution in [0.3, 0.4) is 0 Å². The van der Waals surface area contributed by atoms with Crippen molar-refractivity contribution in [3.63, 3.8) is 0 Å². The Bertz CT molecular complexity index is 730. The maximum atomic E-state index is 11.0. The van der Waals surface area contributed by atoms with Crippen LogP contribution in [0.4, 0.5) is 16.5 Å². The van der Waals surface area contributed by atoms with Gasteiger partial charge in [-0.2, -0.15) is 8.42 Å². The molecule has 0 unspecified atom stereocenters. The van der Waals surface area contributed by atoms with Gasteiger partial charge in [0.15, 0.2) is 0 Å². The second-order valence-electron chi connectivity index (χ2n) is 4.35. The van der Waals surface area contributed by atoms with Crippen LogP contribution < -0.4 is 4.90 Å². The Morgan fingerprint density at radius 2 is 2.00 bits per heavy atom. The van der Waals surface area contributed by atoms with Crippen LogP contribution in [0.1, 0.15) is 0 Å². The van der Waals surface area contributed by atoms with Crippen molar-refractivity contribution in [2.45, 2.75) is 0 Å². The topological polar surface area (TPSA) is 93.5 Å². The van der Waals surface area contributed by atoms with Gasteiger partial charge in [-0.1, -0.05) is 0 Å². The smallest absolute Gasteiger partial charge is 0.372 e. The fraction of sp³-hybridized carbons (Fsp3) is 0.308. The Morgan fingerprint density at radius 3 is 2.61 bits per heavy atom. The molecule has 0 saturated heterocycles. The first-order valence-electron chi connectivity index (χ1n) is 6.57. The van der Waals surface area contributed by atoms with Gasteiger partial charge < -0.3 is 4.90 Å². The molecule has 0 fully saturated rings. The summed E-state index contributed by atoms with van der Waals surface area (Å²) >= 11 is 1.41. The Balaban J connectivity index is 1.88. The Morgan fingerprint density at radius 1 is 1.26 bits per heavy atom. The van der Waals surface area contributed by atoms with Gasteiger partial charge in [0.2, 0.25) is 5.13 Å². The van der Waals surface area contributed by atoms with Crippen LogP contribution in [0.15, 0.2) is 46.1 Å². The van der Waals surface area contributed by atoms with E-state index >= 15 is 0 Å². The summed E-state index contributed by atoms with van der Waals surface area (Å²) in [5, 5.41) is 10.5. The minimum Gasteiger partial charge on any atom is -0.372 e. The average Bonchev–Trinajstić information content (AvgIpc) is 3.06. The molecular formula is C13H16N4O4S2. The molecule has 2 aromatic rings. The fourth-order valence-corrected chi connectivity index (χ4v) is 2.42. The predicted molar refractivity (Wildman–Crippen MR) is 87.9 cm³/mol.